The number of rotatable bonds is 5. The average molecular weight is 387 g/mol. The molecule has 10 heteroatoms. The highest BCUT2D eigenvalue weighted by Crippen LogP contribution is 2.31. The molecule has 3 rings (SSSR count). The summed E-state index contributed by atoms with van der Waals surface area (Å²) in [5.41, 5.74) is 0.0832. The van der Waals surface area contributed by atoms with Gasteiger partial charge in [0, 0.05) is 24.7 Å². The molecule has 0 bridgehead atoms. The largest absolute Gasteiger partial charge is 0.506 e. The van der Waals surface area contributed by atoms with Crippen LogP contribution in [0, 0.1) is 10.1 Å². The lowest BCUT2D eigenvalue weighted by atomic mass is 10.1. The van der Waals surface area contributed by atoms with Gasteiger partial charge < -0.3 is 25.2 Å². The fraction of sp³-hybridized carbons (Fsp3) is 0.222. The molecule has 28 heavy (non-hydrogen) atoms. The zero-order valence-corrected chi connectivity index (χ0v) is 14.6. The van der Waals surface area contributed by atoms with E-state index in [-0.39, 0.29) is 22.5 Å². The second-order valence-electron chi connectivity index (χ2n) is 6.05. The van der Waals surface area contributed by atoms with Crippen LogP contribution in [-0.2, 0) is 4.74 Å². The first-order valence-electron chi connectivity index (χ1n) is 8.35. The summed E-state index contributed by atoms with van der Waals surface area (Å²) in [5, 5.41) is 32.7. The molecule has 2 aromatic carbocycles. The van der Waals surface area contributed by atoms with Crippen molar-refractivity contribution in [3.63, 3.8) is 0 Å². The number of hydrogen-bond acceptors (Lipinski definition) is 7. The van der Waals surface area contributed by atoms with Gasteiger partial charge in [-0.15, -0.1) is 0 Å². The fourth-order valence-electron chi connectivity index (χ4n) is 2.85. The lowest BCUT2D eigenvalue weighted by Gasteiger charge is -2.28. The minimum Gasteiger partial charge on any atom is -0.506 e. The van der Waals surface area contributed by atoms with Crippen LogP contribution >= 0.6 is 0 Å². The molecular formula is C18H17N3O7. The van der Waals surface area contributed by atoms with E-state index in [2.05, 4.69) is 5.32 Å². The van der Waals surface area contributed by atoms with Crippen LogP contribution in [0.3, 0.4) is 0 Å². The smallest absolute Gasteiger partial charge is 0.335 e. The van der Waals surface area contributed by atoms with Crippen LogP contribution in [0.1, 0.15) is 20.7 Å². The molecular weight excluding hydrogens is 370 g/mol. The average Bonchev–Trinajstić information content (AvgIpc) is 2.69. The molecule has 0 saturated carbocycles. The Morgan fingerprint density at radius 3 is 2.39 bits per heavy atom. The molecule has 1 fully saturated rings. The summed E-state index contributed by atoms with van der Waals surface area (Å²) in [6.07, 6.45) is 0. The zero-order chi connectivity index (χ0) is 20.3. The molecule has 10 nitrogen and oxygen atoms in total. The van der Waals surface area contributed by atoms with Gasteiger partial charge in [0.1, 0.15) is 11.4 Å². The first-order chi connectivity index (χ1) is 13.4. The normalized spacial score (nSPS) is 13.8. The molecule has 3 N–H and O–H groups in total. The van der Waals surface area contributed by atoms with Crippen molar-refractivity contribution >= 4 is 28.9 Å². The number of carboxylic acids is 1. The summed E-state index contributed by atoms with van der Waals surface area (Å²) in [7, 11) is 0. The van der Waals surface area contributed by atoms with Crippen molar-refractivity contribution in [2.75, 3.05) is 36.5 Å². The third-order valence-corrected chi connectivity index (χ3v) is 4.28. The molecule has 0 aliphatic carbocycles. The molecule has 0 spiro atoms. The Bertz CT molecular complexity index is 939. The summed E-state index contributed by atoms with van der Waals surface area (Å²) in [6.45, 7) is 1.95. The number of carbonyl (C=O) groups excluding carboxylic acids is 1. The summed E-state index contributed by atoms with van der Waals surface area (Å²) in [4.78, 5) is 36.1. The summed E-state index contributed by atoms with van der Waals surface area (Å²) in [5.74, 6) is -2.31. The predicted octanol–water partition coefficient (Wildman–Crippen LogP) is 2.09. The SMILES string of the molecule is O=C(O)c1ccc(NC(=O)c2ccc(N3CCOCC3)c([N+](=O)[O-])c2)c(O)c1. The number of amides is 1. The Labute approximate surface area is 159 Å². The highest BCUT2D eigenvalue weighted by Gasteiger charge is 2.23. The van der Waals surface area contributed by atoms with Gasteiger partial charge in [-0.25, -0.2) is 4.79 Å². The second kappa shape index (κ2) is 7.92. The molecule has 0 atom stereocenters. The van der Waals surface area contributed by atoms with Crippen LogP contribution in [0.2, 0.25) is 0 Å². The van der Waals surface area contributed by atoms with Gasteiger partial charge in [0.2, 0.25) is 0 Å². The van der Waals surface area contributed by atoms with Gasteiger partial charge in [-0.2, -0.15) is 0 Å². The van der Waals surface area contributed by atoms with E-state index < -0.39 is 22.5 Å². The van der Waals surface area contributed by atoms with E-state index in [9.17, 15) is 24.8 Å². The van der Waals surface area contributed by atoms with Gasteiger partial charge in [0.25, 0.3) is 11.6 Å². The first kappa shape index (κ1) is 19.1. The maximum absolute atomic E-state index is 12.5. The van der Waals surface area contributed by atoms with Crippen LogP contribution in [0.5, 0.6) is 5.75 Å². The maximum Gasteiger partial charge on any atom is 0.335 e. The molecule has 0 radical (unpaired) electrons. The summed E-state index contributed by atoms with van der Waals surface area (Å²) < 4.78 is 5.25. The number of anilines is 2. The standard InChI is InChI=1S/C18H17N3O7/c22-16-10-12(18(24)25)1-3-13(16)19-17(23)11-2-4-14(15(9-11)21(26)27)20-5-7-28-8-6-20/h1-4,9-10,22H,5-8H2,(H,19,23)(H,24,25). The van der Waals surface area contributed by atoms with Crippen LogP contribution in [0.4, 0.5) is 17.1 Å². The number of nitro benzene ring substituents is 1. The van der Waals surface area contributed by atoms with Gasteiger partial charge in [-0.3, -0.25) is 14.9 Å². The third kappa shape index (κ3) is 4.01. The van der Waals surface area contributed by atoms with Crippen LogP contribution in [0.25, 0.3) is 0 Å². The van der Waals surface area contributed by atoms with E-state index in [0.717, 1.165) is 6.07 Å². The molecule has 1 saturated heterocycles. The van der Waals surface area contributed by atoms with Crippen molar-refractivity contribution in [1.29, 1.82) is 0 Å². The molecule has 0 aromatic heterocycles. The number of nitro groups is 1. The van der Waals surface area contributed by atoms with Gasteiger partial charge in [-0.1, -0.05) is 0 Å². The van der Waals surface area contributed by atoms with Crippen molar-refractivity contribution in [3.05, 3.63) is 57.6 Å². The minimum absolute atomic E-state index is 0.00471. The minimum atomic E-state index is -1.22. The van der Waals surface area contributed by atoms with Crippen molar-refractivity contribution in [2.45, 2.75) is 0 Å². The van der Waals surface area contributed by atoms with Gasteiger partial charge in [0.15, 0.2) is 0 Å². The highest BCUT2D eigenvalue weighted by atomic mass is 16.6. The monoisotopic (exact) mass is 387 g/mol. The van der Waals surface area contributed by atoms with E-state index in [4.69, 9.17) is 9.84 Å². The number of benzene rings is 2. The van der Waals surface area contributed by atoms with Crippen LogP contribution in [0.15, 0.2) is 36.4 Å². The zero-order valence-electron chi connectivity index (χ0n) is 14.6. The number of phenols is 1. The maximum atomic E-state index is 12.5. The van der Waals surface area contributed by atoms with Gasteiger partial charge in [-0.05, 0) is 30.3 Å². The van der Waals surface area contributed by atoms with Gasteiger partial charge >= 0.3 is 5.97 Å². The highest BCUT2D eigenvalue weighted by molar-refractivity contribution is 6.06. The number of phenolic OH excluding ortho intramolecular Hbond substituents is 1. The number of carboxylic acid groups (broad SMARTS) is 1. The lowest BCUT2D eigenvalue weighted by molar-refractivity contribution is -0.384. The topological polar surface area (TPSA) is 142 Å². The quantitative estimate of drug-likeness (QED) is 0.402. The molecule has 146 valence electrons. The van der Waals surface area contributed by atoms with Crippen molar-refractivity contribution in [2.24, 2.45) is 0 Å². The fourth-order valence-corrected chi connectivity index (χ4v) is 2.85. The second-order valence-corrected chi connectivity index (χ2v) is 6.05. The number of hydrogen-bond donors (Lipinski definition) is 3. The third-order valence-electron chi connectivity index (χ3n) is 4.28. The first-order valence-corrected chi connectivity index (χ1v) is 8.35. The Kier molecular flexibility index (Phi) is 5.41. The molecule has 1 heterocycles. The van der Waals surface area contributed by atoms with E-state index in [0.29, 0.717) is 32.0 Å². The van der Waals surface area contributed by atoms with E-state index in [1.54, 1.807) is 0 Å². The number of ether oxygens (including phenoxy) is 1. The summed E-state index contributed by atoms with van der Waals surface area (Å²) in [6, 6.07) is 7.60. The number of aromatic carboxylic acids is 1. The van der Waals surface area contributed by atoms with Crippen LogP contribution < -0.4 is 10.2 Å². The number of morpholine rings is 1. The molecule has 0 unspecified atom stereocenters. The Balaban J connectivity index is 1.85. The Hall–Kier alpha value is -3.66. The molecule has 1 aliphatic heterocycles. The molecule has 1 aliphatic rings. The van der Waals surface area contributed by atoms with Crippen molar-refractivity contribution < 1.29 is 29.5 Å². The Morgan fingerprint density at radius 2 is 1.79 bits per heavy atom. The number of nitrogens with one attached hydrogen (secondary N) is 1. The van der Waals surface area contributed by atoms with E-state index in [1.165, 1.54) is 30.3 Å². The lowest BCUT2D eigenvalue weighted by Crippen LogP contribution is -2.36. The van der Waals surface area contributed by atoms with Crippen molar-refractivity contribution in [1.82, 2.24) is 0 Å². The molecule has 2 aromatic rings. The Morgan fingerprint density at radius 1 is 1.11 bits per heavy atom. The van der Waals surface area contributed by atoms with Crippen LogP contribution in [-0.4, -0.2) is 53.3 Å². The van der Waals surface area contributed by atoms with Crippen molar-refractivity contribution in [3.8, 4) is 5.75 Å². The predicted molar refractivity (Wildman–Crippen MR) is 99.1 cm³/mol. The van der Waals surface area contributed by atoms with Gasteiger partial charge in [0.05, 0.1) is 29.4 Å². The van der Waals surface area contributed by atoms with E-state index in [1.807, 2.05) is 4.90 Å². The number of nitrogens with zero attached hydrogens (tertiary/aromatic N) is 2. The van der Waals surface area contributed by atoms with E-state index >= 15 is 0 Å². The number of aromatic hydroxyl groups is 1. The summed E-state index contributed by atoms with van der Waals surface area (Å²) >= 11 is 0. The number of carbonyl (C=O) groups is 2. The molecule has 1 amide bonds.